The van der Waals surface area contributed by atoms with Gasteiger partial charge in [0, 0.05) is 31.1 Å². The van der Waals surface area contributed by atoms with Crippen molar-refractivity contribution in [1.82, 2.24) is 24.7 Å². The first-order valence-electron chi connectivity index (χ1n) is 8.10. The van der Waals surface area contributed by atoms with Gasteiger partial charge in [-0.15, -0.1) is 10.2 Å². The Balaban J connectivity index is 1.59. The van der Waals surface area contributed by atoms with Crippen molar-refractivity contribution in [3.8, 4) is 0 Å². The minimum absolute atomic E-state index is 0.272. The van der Waals surface area contributed by atoms with Gasteiger partial charge in [-0.3, -0.25) is 4.40 Å². The molecule has 1 aliphatic heterocycles. The molecule has 120 valence electrons. The first kappa shape index (κ1) is 14.2. The Morgan fingerprint density at radius 3 is 3.00 bits per heavy atom. The summed E-state index contributed by atoms with van der Waals surface area (Å²) in [6.07, 6.45) is 4.19. The van der Waals surface area contributed by atoms with Crippen LogP contribution in [0.2, 0.25) is 0 Å². The van der Waals surface area contributed by atoms with E-state index in [1.165, 1.54) is 0 Å². The molecule has 0 amide bonds. The van der Waals surface area contributed by atoms with Crippen molar-refractivity contribution in [2.24, 2.45) is 0 Å². The highest BCUT2D eigenvalue weighted by molar-refractivity contribution is 5.38. The maximum atomic E-state index is 5.44. The molecular weight excluding hydrogens is 292 g/mol. The van der Waals surface area contributed by atoms with Crippen LogP contribution >= 0.6 is 0 Å². The van der Waals surface area contributed by atoms with Crippen LogP contribution in [0.15, 0.2) is 28.9 Å². The number of piperidine rings is 1. The van der Waals surface area contributed by atoms with E-state index >= 15 is 0 Å². The molecule has 1 aliphatic rings. The number of hydrogen-bond donors (Lipinski definition) is 0. The van der Waals surface area contributed by atoms with Crippen molar-refractivity contribution in [2.45, 2.75) is 38.5 Å². The molecule has 3 aromatic heterocycles. The van der Waals surface area contributed by atoms with E-state index < -0.39 is 0 Å². The van der Waals surface area contributed by atoms with Gasteiger partial charge in [-0.1, -0.05) is 25.1 Å². The maximum absolute atomic E-state index is 5.44. The van der Waals surface area contributed by atoms with E-state index in [1.807, 2.05) is 24.4 Å². The lowest BCUT2D eigenvalue weighted by atomic mass is 9.97. The van der Waals surface area contributed by atoms with Gasteiger partial charge in [0.25, 0.3) is 0 Å². The van der Waals surface area contributed by atoms with Crippen LogP contribution in [-0.4, -0.2) is 37.8 Å². The molecule has 23 heavy (non-hydrogen) atoms. The second-order valence-electron chi connectivity index (χ2n) is 6.36. The Morgan fingerprint density at radius 2 is 2.17 bits per heavy atom. The zero-order chi connectivity index (χ0) is 15.8. The van der Waals surface area contributed by atoms with Gasteiger partial charge in [-0.05, 0) is 25.0 Å². The summed E-state index contributed by atoms with van der Waals surface area (Å²) in [7, 11) is 0. The van der Waals surface area contributed by atoms with Gasteiger partial charge in [0.2, 0.25) is 0 Å². The molecule has 1 fully saturated rings. The largest absolute Gasteiger partial charge is 0.324 e. The number of rotatable bonds is 3. The molecule has 3 aromatic rings. The van der Waals surface area contributed by atoms with Gasteiger partial charge in [0.15, 0.2) is 11.5 Å². The summed E-state index contributed by atoms with van der Waals surface area (Å²) in [5, 5.41) is 12.7. The summed E-state index contributed by atoms with van der Waals surface area (Å²) in [6, 6.07) is 6.58. The molecular formula is C16H20N6O. The van der Waals surface area contributed by atoms with Crippen molar-refractivity contribution in [3.05, 3.63) is 36.0 Å². The van der Waals surface area contributed by atoms with E-state index in [4.69, 9.17) is 4.52 Å². The number of aromatic nitrogens is 5. The predicted molar refractivity (Wildman–Crippen MR) is 85.6 cm³/mol. The Morgan fingerprint density at radius 1 is 1.26 bits per heavy atom. The molecule has 1 saturated heterocycles. The molecule has 0 bridgehead atoms. The summed E-state index contributed by atoms with van der Waals surface area (Å²) in [4.78, 5) is 6.68. The molecule has 4 heterocycles. The van der Waals surface area contributed by atoms with E-state index in [0.717, 1.165) is 43.2 Å². The highest BCUT2D eigenvalue weighted by atomic mass is 16.5. The molecule has 0 N–H and O–H groups in total. The summed E-state index contributed by atoms with van der Waals surface area (Å²) in [5.74, 6) is 2.35. The van der Waals surface area contributed by atoms with Crippen LogP contribution < -0.4 is 4.90 Å². The summed E-state index contributed by atoms with van der Waals surface area (Å²) in [5.41, 5.74) is 0.888. The van der Waals surface area contributed by atoms with E-state index in [2.05, 4.69) is 43.5 Å². The maximum Gasteiger partial charge on any atom is 0.324 e. The van der Waals surface area contributed by atoms with Gasteiger partial charge < -0.3 is 9.42 Å². The molecule has 1 atom stereocenters. The molecule has 0 radical (unpaired) electrons. The summed E-state index contributed by atoms with van der Waals surface area (Å²) < 4.78 is 7.51. The minimum atomic E-state index is 0.272. The second-order valence-corrected chi connectivity index (χ2v) is 6.36. The second kappa shape index (κ2) is 5.64. The topological polar surface area (TPSA) is 72.4 Å². The van der Waals surface area contributed by atoms with Crippen LogP contribution in [0.1, 0.15) is 50.2 Å². The zero-order valence-corrected chi connectivity index (χ0v) is 13.4. The van der Waals surface area contributed by atoms with E-state index in [9.17, 15) is 0 Å². The molecule has 7 heteroatoms. The SMILES string of the molecule is CC(C)c1noc(N2CCCC(c3nnc4ccccn34)C2)n1. The lowest BCUT2D eigenvalue weighted by molar-refractivity contribution is 0.383. The molecule has 1 unspecified atom stereocenters. The number of nitrogens with zero attached hydrogens (tertiary/aromatic N) is 6. The minimum Gasteiger partial charge on any atom is -0.324 e. The number of fused-ring (bicyclic) bond motifs is 1. The number of hydrogen-bond acceptors (Lipinski definition) is 6. The monoisotopic (exact) mass is 312 g/mol. The van der Waals surface area contributed by atoms with Gasteiger partial charge in [0.1, 0.15) is 5.82 Å². The van der Waals surface area contributed by atoms with Crippen LogP contribution in [0.5, 0.6) is 0 Å². The zero-order valence-electron chi connectivity index (χ0n) is 13.4. The van der Waals surface area contributed by atoms with Gasteiger partial charge >= 0.3 is 6.01 Å². The van der Waals surface area contributed by atoms with Crippen molar-refractivity contribution in [3.63, 3.8) is 0 Å². The summed E-state index contributed by atoms with van der Waals surface area (Å²) in [6.45, 7) is 5.90. The third-order valence-corrected chi connectivity index (χ3v) is 4.34. The quantitative estimate of drug-likeness (QED) is 0.740. The molecule has 0 spiro atoms. The molecule has 7 nitrogen and oxygen atoms in total. The van der Waals surface area contributed by atoms with Gasteiger partial charge in [-0.25, -0.2) is 0 Å². The predicted octanol–water partition coefficient (Wildman–Crippen LogP) is 2.62. The normalized spacial score (nSPS) is 18.9. The van der Waals surface area contributed by atoms with E-state index in [0.29, 0.717) is 11.9 Å². The highest BCUT2D eigenvalue weighted by Gasteiger charge is 2.28. The van der Waals surface area contributed by atoms with Crippen molar-refractivity contribution < 1.29 is 4.52 Å². The average Bonchev–Trinajstić information content (AvgIpc) is 3.22. The van der Waals surface area contributed by atoms with Crippen LogP contribution in [0.25, 0.3) is 5.65 Å². The lowest BCUT2D eigenvalue weighted by Gasteiger charge is -2.30. The van der Waals surface area contributed by atoms with Crippen molar-refractivity contribution in [1.29, 1.82) is 0 Å². The molecule has 0 aromatic carbocycles. The molecule has 0 saturated carbocycles. The Kier molecular flexibility index (Phi) is 3.48. The van der Waals surface area contributed by atoms with Crippen molar-refractivity contribution in [2.75, 3.05) is 18.0 Å². The Labute approximate surface area is 134 Å². The Bertz CT molecular complexity index is 808. The van der Waals surface area contributed by atoms with Crippen LogP contribution in [0.3, 0.4) is 0 Å². The third kappa shape index (κ3) is 2.56. The standard InChI is InChI=1S/C16H20N6O/c1-11(2)14-17-16(23-20-14)21-8-5-6-12(10-21)15-19-18-13-7-3-4-9-22(13)15/h3-4,7,9,11-12H,5-6,8,10H2,1-2H3. The molecule has 4 rings (SSSR count). The Hall–Kier alpha value is -2.44. The van der Waals surface area contributed by atoms with E-state index in [-0.39, 0.29) is 5.92 Å². The summed E-state index contributed by atoms with van der Waals surface area (Å²) >= 11 is 0. The van der Waals surface area contributed by atoms with Crippen LogP contribution in [0.4, 0.5) is 6.01 Å². The fourth-order valence-electron chi connectivity index (χ4n) is 3.09. The van der Waals surface area contributed by atoms with Gasteiger partial charge in [-0.2, -0.15) is 4.98 Å². The smallest absolute Gasteiger partial charge is 0.324 e. The fourth-order valence-corrected chi connectivity index (χ4v) is 3.09. The lowest BCUT2D eigenvalue weighted by Crippen LogP contribution is -2.35. The molecule has 0 aliphatic carbocycles. The number of anilines is 1. The average molecular weight is 312 g/mol. The fraction of sp³-hybridized carbons (Fsp3) is 0.500. The first-order chi connectivity index (χ1) is 11.2. The van der Waals surface area contributed by atoms with E-state index in [1.54, 1.807) is 0 Å². The number of pyridine rings is 1. The van der Waals surface area contributed by atoms with Gasteiger partial charge in [0.05, 0.1) is 0 Å². The van der Waals surface area contributed by atoms with Crippen molar-refractivity contribution >= 4 is 11.7 Å². The first-order valence-corrected chi connectivity index (χ1v) is 8.10. The van der Waals surface area contributed by atoms with Crippen LogP contribution in [0, 0.1) is 0 Å². The highest BCUT2D eigenvalue weighted by Crippen LogP contribution is 2.29. The van der Waals surface area contributed by atoms with Crippen LogP contribution in [-0.2, 0) is 0 Å². The third-order valence-electron chi connectivity index (χ3n) is 4.34.